The van der Waals surface area contributed by atoms with Crippen molar-refractivity contribution in [3.05, 3.63) is 40.2 Å². The van der Waals surface area contributed by atoms with Crippen LogP contribution in [0.2, 0.25) is 0 Å². The molecule has 0 aromatic carbocycles. The van der Waals surface area contributed by atoms with Gasteiger partial charge in [0.2, 0.25) is 0 Å². The summed E-state index contributed by atoms with van der Waals surface area (Å²) in [4.78, 5) is 6.37. The molecule has 0 radical (unpaired) electrons. The largest absolute Gasteiger partial charge is 0.379 e. The van der Waals surface area contributed by atoms with Gasteiger partial charge in [-0.05, 0) is 43.5 Å². The molecule has 2 aromatic heterocycles. The first-order chi connectivity index (χ1) is 11.7. The van der Waals surface area contributed by atoms with Crippen molar-refractivity contribution in [2.45, 2.75) is 19.9 Å². The van der Waals surface area contributed by atoms with Gasteiger partial charge in [-0.2, -0.15) is 5.10 Å². The molecule has 0 N–H and O–H groups in total. The lowest BCUT2D eigenvalue weighted by Gasteiger charge is -2.32. The van der Waals surface area contributed by atoms with E-state index in [-0.39, 0.29) is 5.41 Å². The van der Waals surface area contributed by atoms with E-state index in [0.717, 1.165) is 57.4 Å². The summed E-state index contributed by atoms with van der Waals surface area (Å²) in [6.45, 7) is 8.80. The van der Waals surface area contributed by atoms with Crippen molar-refractivity contribution in [3.8, 4) is 0 Å². The molecule has 1 atom stereocenters. The van der Waals surface area contributed by atoms with Crippen LogP contribution in [0.25, 0.3) is 0 Å². The first kappa shape index (κ1) is 16.0. The molecule has 5 nitrogen and oxygen atoms in total. The lowest BCUT2D eigenvalue weighted by molar-refractivity contribution is 0.0731. The van der Waals surface area contributed by atoms with Gasteiger partial charge < -0.3 is 9.64 Å². The van der Waals surface area contributed by atoms with E-state index in [1.807, 2.05) is 24.3 Å². The van der Waals surface area contributed by atoms with Gasteiger partial charge in [0, 0.05) is 36.5 Å². The van der Waals surface area contributed by atoms with Gasteiger partial charge in [0.15, 0.2) is 5.82 Å². The molecule has 2 aliphatic rings. The van der Waals surface area contributed by atoms with Crippen LogP contribution in [0.1, 0.15) is 17.0 Å². The van der Waals surface area contributed by atoms with Crippen LogP contribution in [0.5, 0.6) is 0 Å². The first-order valence-corrected chi connectivity index (χ1v) is 9.48. The Bertz CT molecular complexity index is 660. The average Bonchev–Trinajstić information content (AvgIpc) is 3.17. The molecule has 2 saturated heterocycles. The van der Waals surface area contributed by atoms with Crippen molar-refractivity contribution in [3.63, 3.8) is 0 Å². The Hall–Kier alpha value is -1.50. The van der Waals surface area contributed by atoms with E-state index in [1.165, 1.54) is 11.3 Å². The maximum Gasteiger partial charge on any atom is 0.151 e. The smallest absolute Gasteiger partial charge is 0.151 e. The van der Waals surface area contributed by atoms with Crippen LogP contribution in [0, 0.1) is 12.3 Å². The van der Waals surface area contributed by atoms with E-state index in [2.05, 4.69) is 43.6 Å². The van der Waals surface area contributed by atoms with E-state index < -0.39 is 0 Å². The monoisotopic (exact) mass is 344 g/mol. The first-order valence-electron chi connectivity index (χ1n) is 8.60. The van der Waals surface area contributed by atoms with Crippen LogP contribution in [0.4, 0.5) is 5.82 Å². The number of aryl methyl sites for hydroxylation is 1. The molecule has 1 unspecified atom stereocenters. The minimum Gasteiger partial charge on any atom is -0.379 e. The van der Waals surface area contributed by atoms with E-state index in [9.17, 15) is 0 Å². The third-order valence-corrected chi connectivity index (χ3v) is 5.89. The lowest BCUT2D eigenvalue weighted by atomic mass is 9.87. The Balaban J connectivity index is 1.47. The van der Waals surface area contributed by atoms with Crippen LogP contribution >= 0.6 is 11.3 Å². The molecule has 4 heterocycles. The Morgan fingerprint density at radius 2 is 2.17 bits per heavy atom. The van der Waals surface area contributed by atoms with Crippen molar-refractivity contribution in [2.24, 2.45) is 5.41 Å². The molecule has 0 aliphatic carbocycles. The average molecular weight is 344 g/mol. The van der Waals surface area contributed by atoms with Crippen molar-refractivity contribution in [1.29, 1.82) is 0 Å². The zero-order valence-corrected chi connectivity index (χ0v) is 15.0. The highest BCUT2D eigenvalue weighted by molar-refractivity contribution is 7.09. The Morgan fingerprint density at radius 3 is 2.96 bits per heavy atom. The highest BCUT2D eigenvalue weighted by atomic mass is 32.1. The Labute approximate surface area is 147 Å². The number of anilines is 1. The van der Waals surface area contributed by atoms with Gasteiger partial charge in [-0.15, -0.1) is 16.4 Å². The minimum atomic E-state index is 0.209. The lowest BCUT2D eigenvalue weighted by Crippen LogP contribution is -2.41. The second-order valence-corrected chi connectivity index (χ2v) is 8.08. The molecule has 128 valence electrons. The number of thiophene rings is 1. The highest BCUT2D eigenvalue weighted by Crippen LogP contribution is 2.35. The van der Waals surface area contributed by atoms with Crippen LogP contribution in [0.15, 0.2) is 29.6 Å². The summed E-state index contributed by atoms with van der Waals surface area (Å²) in [5.74, 6) is 0.974. The number of hydrogen-bond acceptors (Lipinski definition) is 6. The van der Waals surface area contributed by atoms with Gasteiger partial charge in [0.1, 0.15) is 0 Å². The molecule has 2 aromatic rings. The predicted octanol–water partition coefficient (Wildman–Crippen LogP) is 2.58. The van der Waals surface area contributed by atoms with E-state index in [1.54, 1.807) is 0 Å². The van der Waals surface area contributed by atoms with Crippen molar-refractivity contribution >= 4 is 17.2 Å². The van der Waals surface area contributed by atoms with Crippen LogP contribution in [-0.4, -0.2) is 54.5 Å². The summed E-state index contributed by atoms with van der Waals surface area (Å²) in [6.07, 6.45) is 1.19. The van der Waals surface area contributed by atoms with Gasteiger partial charge in [0.25, 0.3) is 0 Å². The fourth-order valence-electron chi connectivity index (χ4n) is 3.78. The summed E-state index contributed by atoms with van der Waals surface area (Å²) in [6, 6.07) is 8.49. The van der Waals surface area contributed by atoms with E-state index in [0.29, 0.717) is 0 Å². The second kappa shape index (κ2) is 6.78. The molecule has 24 heavy (non-hydrogen) atoms. The number of aromatic nitrogens is 2. The standard InChI is InChI=1S/C18H24N4OS/c1-15-4-5-17(20-19-15)22-8-9-23-14-18(13-22)6-7-21(12-18)11-16-3-2-10-24-16/h2-5,10H,6-9,11-14H2,1H3. The molecule has 6 heteroatoms. The minimum absolute atomic E-state index is 0.209. The number of rotatable bonds is 3. The second-order valence-electron chi connectivity index (χ2n) is 7.05. The fourth-order valence-corrected chi connectivity index (χ4v) is 4.53. The fraction of sp³-hybridized carbons (Fsp3) is 0.556. The molecular weight excluding hydrogens is 320 g/mol. The zero-order chi connectivity index (χ0) is 16.4. The summed E-state index contributed by atoms with van der Waals surface area (Å²) < 4.78 is 5.98. The molecule has 4 rings (SSSR count). The van der Waals surface area contributed by atoms with Gasteiger partial charge >= 0.3 is 0 Å². The molecule has 1 spiro atoms. The molecule has 0 bridgehead atoms. The number of likely N-dealkylation sites (tertiary alicyclic amines) is 1. The maximum absolute atomic E-state index is 5.98. The summed E-state index contributed by atoms with van der Waals surface area (Å²) in [5.41, 5.74) is 1.17. The van der Waals surface area contributed by atoms with Crippen LogP contribution < -0.4 is 4.90 Å². The third kappa shape index (κ3) is 3.45. The molecule has 0 amide bonds. The van der Waals surface area contributed by atoms with Crippen molar-refractivity contribution in [2.75, 3.05) is 44.3 Å². The summed E-state index contributed by atoms with van der Waals surface area (Å²) in [7, 11) is 0. The normalized spacial score (nSPS) is 25.3. The Kier molecular flexibility index (Phi) is 4.52. The molecule has 2 fully saturated rings. The van der Waals surface area contributed by atoms with Gasteiger partial charge in [0.05, 0.1) is 18.9 Å². The van der Waals surface area contributed by atoms with Gasteiger partial charge in [-0.25, -0.2) is 0 Å². The molecule has 2 aliphatic heterocycles. The third-order valence-electron chi connectivity index (χ3n) is 5.02. The predicted molar refractivity (Wildman–Crippen MR) is 96.4 cm³/mol. The van der Waals surface area contributed by atoms with Crippen LogP contribution in [0.3, 0.4) is 0 Å². The SMILES string of the molecule is Cc1ccc(N2CCOCC3(CCN(Cc4cccs4)C3)C2)nn1. The topological polar surface area (TPSA) is 41.5 Å². The number of ether oxygens (including phenoxy) is 1. The maximum atomic E-state index is 5.98. The van der Waals surface area contributed by atoms with Crippen molar-refractivity contribution < 1.29 is 4.74 Å². The summed E-state index contributed by atoms with van der Waals surface area (Å²) >= 11 is 1.85. The van der Waals surface area contributed by atoms with E-state index in [4.69, 9.17) is 4.74 Å². The van der Waals surface area contributed by atoms with Gasteiger partial charge in [-0.3, -0.25) is 4.90 Å². The number of nitrogens with zero attached hydrogens (tertiary/aromatic N) is 4. The van der Waals surface area contributed by atoms with Crippen molar-refractivity contribution in [1.82, 2.24) is 15.1 Å². The zero-order valence-electron chi connectivity index (χ0n) is 14.1. The number of hydrogen-bond donors (Lipinski definition) is 0. The van der Waals surface area contributed by atoms with E-state index >= 15 is 0 Å². The molecule has 0 saturated carbocycles. The van der Waals surface area contributed by atoms with Crippen LogP contribution in [-0.2, 0) is 11.3 Å². The highest BCUT2D eigenvalue weighted by Gasteiger charge is 2.41. The quantitative estimate of drug-likeness (QED) is 0.856. The Morgan fingerprint density at radius 1 is 1.21 bits per heavy atom. The van der Waals surface area contributed by atoms with Gasteiger partial charge in [-0.1, -0.05) is 6.07 Å². The molecular formula is C18H24N4OS. The summed E-state index contributed by atoms with van der Waals surface area (Å²) in [5, 5.41) is 10.8.